The summed E-state index contributed by atoms with van der Waals surface area (Å²) in [6.45, 7) is 0. The van der Waals surface area contributed by atoms with Crippen LogP contribution in [0.15, 0.2) is 47.0 Å². The molecule has 0 atom stereocenters. The molecule has 106 valence electrons. The Kier molecular flexibility index (Phi) is 3.35. The quantitative estimate of drug-likeness (QED) is 0.757. The van der Waals surface area contributed by atoms with E-state index in [1.54, 1.807) is 24.3 Å². The molecule has 0 saturated heterocycles. The number of hydrogen-bond acceptors (Lipinski definition) is 3. The average molecular weight is 307 g/mol. The van der Waals surface area contributed by atoms with E-state index in [4.69, 9.17) is 21.9 Å². The molecule has 0 bridgehead atoms. The molecule has 0 fully saturated rings. The lowest BCUT2D eigenvalue weighted by molar-refractivity contribution is 0.435. The maximum absolute atomic E-state index is 13.4. The summed E-state index contributed by atoms with van der Waals surface area (Å²) in [6.07, 6.45) is 0. The number of rotatable bonds is 2. The van der Waals surface area contributed by atoms with E-state index in [2.05, 4.69) is 5.16 Å². The first-order valence-corrected chi connectivity index (χ1v) is 6.40. The molecule has 6 heteroatoms. The van der Waals surface area contributed by atoms with Crippen LogP contribution in [0.4, 0.5) is 14.6 Å². The largest absolute Gasteiger partial charge is 0.380 e. The number of benzene rings is 2. The Morgan fingerprint density at radius 2 is 1.62 bits per heavy atom. The van der Waals surface area contributed by atoms with Crippen LogP contribution in [0, 0.1) is 11.6 Å². The third-order valence-electron chi connectivity index (χ3n) is 3.03. The first kappa shape index (κ1) is 13.6. The standard InChI is InChI=1S/C15H9ClF2N2O/c16-10-4-1-8(2-5-10)13-14(21-20-15(13)19)9-3-6-11(17)12(18)7-9/h1-7H,(H2,19,20). The first-order chi connectivity index (χ1) is 10.1. The van der Waals surface area contributed by atoms with Gasteiger partial charge in [-0.15, -0.1) is 0 Å². The van der Waals surface area contributed by atoms with Crippen molar-refractivity contribution in [3.05, 3.63) is 59.1 Å². The molecule has 1 heterocycles. The van der Waals surface area contributed by atoms with E-state index in [1.807, 2.05) is 0 Å². The van der Waals surface area contributed by atoms with Gasteiger partial charge >= 0.3 is 0 Å². The highest BCUT2D eigenvalue weighted by Crippen LogP contribution is 2.37. The third kappa shape index (κ3) is 2.48. The minimum absolute atomic E-state index is 0.164. The highest BCUT2D eigenvalue weighted by atomic mass is 35.5. The van der Waals surface area contributed by atoms with E-state index in [0.717, 1.165) is 17.7 Å². The van der Waals surface area contributed by atoms with Gasteiger partial charge in [0.2, 0.25) is 0 Å². The van der Waals surface area contributed by atoms with Crippen LogP contribution in [-0.2, 0) is 0 Å². The van der Waals surface area contributed by atoms with Gasteiger partial charge in [0.1, 0.15) is 0 Å². The lowest BCUT2D eigenvalue weighted by Crippen LogP contribution is -1.90. The van der Waals surface area contributed by atoms with Gasteiger partial charge in [0.05, 0.1) is 5.56 Å². The van der Waals surface area contributed by atoms with Gasteiger partial charge in [0, 0.05) is 10.6 Å². The Balaban J connectivity index is 2.16. The van der Waals surface area contributed by atoms with Crippen molar-refractivity contribution in [2.45, 2.75) is 0 Å². The van der Waals surface area contributed by atoms with E-state index in [0.29, 0.717) is 16.1 Å². The lowest BCUT2D eigenvalue weighted by Gasteiger charge is -2.03. The zero-order valence-electron chi connectivity index (χ0n) is 10.6. The maximum atomic E-state index is 13.4. The molecule has 0 saturated carbocycles. The lowest BCUT2D eigenvalue weighted by atomic mass is 10.0. The van der Waals surface area contributed by atoms with Crippen molar-refractivity contribution in [2.24, 2.45) is 0 Å². The summed E-state index contributed by atoms with van der Waals surface area (Å²) in [6, 6.07) is 10.3. The normalized spacial score (nSPS) is 10.8. The maximum Gasteiger partial charge on any atom is 0.177 e. The molecule has 3 aromatic rings. The predicted molar refractivity (Wildman–Crippen MR) is 76.7 cm³/mol. The van der Waals surface area contributed by atoms with Crippen LogP contribution >= 0.6 is 11.6 Å². The number of nitrogens with zero attached hydrogens (tertiary/aromatic N) is 1. The Morgan fingerprint density at radius 1 is 0.952 bits per heavy atom. The van der Waals surface area contributed by atoms with Crippen LogP contribution in [0.1, 0.15) is 0 Å². The van der Waals surface area contributed by atoms with Crippen LogP contribution < -0.4 is 5.73 Å². The van der Waals surface area contributed by atoms with Crippen molar-refractivity contribution in [1.82, 2.24) is 5.16 Å². The summed E-state index contributed by atoms with van der Waals surface area (Å²) in [5.41, 5.74) is 7.39. The molecule has 3 nitrogen and oxygen atoms in total. The van der Waals surface area contributed by atoms with Gasteiger partial charge in [0.25, 0.3) is 0 Å². The SMILES string of the molecule is Nc1noc(-c2ccc(F)c(F)c2)c1-c1ccc(Cl)cc1. The minimum Gasteiger partial charge on any atom is -0.380 e. The molecule has 0 aliphatic rings. The number of aromatic nitrogens is 1. The second-order valence-electron chi connectivity index (χ2n) is 4.41. The molecular formula is C15H9ClF2N2O. The van der Waals surface area contributed by atoms with E-state index in [9.17, 15) is 8.78 Å². The van der Waals surface area contributed by atoms with Crippen molar-refractivity contribution < 1.29 is 13.3 Å². The molecule has 0 radical (unpaired) electrons. The summed E-state index contributed by atoms with van der Waals surface area (Å²) in [5, 5.41) is 4.27. The summed E-state index contributed by atoms with van der Waals surface area (Å²) in [5.74, 6) is -1.46. The molecular weight excluding hydrogens is 298 g/mol. The van der Waals surface area contributed by atoms with Crippen LogP contribution in [0.5, 0.6) is 0 Å². The van der Waals surface area contributed by atoms with Crippen LogP contribution in [-0.4, -0.2) is 5.16 Å². The van der Waals surface area contributed by atoms with Crippen molar-refractivity contribution in [3.8, 4) is 22.5 Å². The molecule has 1 aromatic heterocycles. The predicted octanol–water partition coefficient (Wildman–Crippen LogP) is 4.52. The molecule has 0 spiro atoms. The van der Waals surface area contributed by atoms with Gasteiger partial charge in [-0.25, -0.2) is 8.78 Å². The third-order valence-corrected chi connectivity index (χ3v) is 3.29. The Morgan fingerprint density at radius 3 is 2.29 bits per heavy atom. The molecule has 0 amide bonds. The van der Waals surface area contributed by atoms with Gasteiger partial charge in [-0.3, -0.25) is 0 Å². The number of anilines is 1. The number of nitrogen functional groups attached to an aromatic ring is 1. The average Bonchev–Trinajstić information content (AvgIpc) is 2.85. The topological polar surface area (TPSA) is 52.0 Å². The summed E-state index contributed by atoms with van der Waals surface area (Å²) in [4.78, 5) is 0. The van der Waals surface area contributed by atoms with Gasteiger partial charge in [-0.2, -0.15) is 0 Å². The van der Waals surface area contributed by atoms with Gasteiger partial charge < -0.3 is 10.3 Å². The minimum atomic E-state index is -0.968. The zero-order valence-corrected chi connectivity index (χ0v) is 11.4. The van der Waals surface area contributed by atoms with E-state index >= 15 is 0 Å². The van der Waals surface area contributed by atoms with Crippen molar-refractivity contribution in [2.75, 3.05) is 5.73 Å². The van der Waals surface area contributed by atoms with Gasteiger partial charge in [-0.1, -0.05) is 28.9 Å². The monoisotopic (exact) mass is 306 g/mol. The van der Waals surface area contributed by atoms with Crippen LogP contribution in [0.25, 0.3) is 22.5 Å². The smallest absolute Gasteiger partial charge is 0.177 e. The van der Waals surface area contributed by atoms with Crippen LogP contribution in [0.3, 0.4) is 0 Å². The molecule has 2 N–H and O–H groups in total. The summed E-state index contributed by atoms with van der Waals surface area (Å²) in [7, 11) is 0. The molecule has 2 aromatic carbocycles. The summed E-state index contributed by atoms with van der Waals surface area (Å²) >= 11 is 5.85. The van der Waals surface area contributed by atoms with Gasteiger partial charge in [0.15, 0.2) is 23.2 Å². The van der Waals surface area contributed by atoms with Crippen molar-refractivity contribution >= 4 is 17.4 Å². The number of nitrogens with two attached hydrogens (primary N) is 1. The molecule has 0 aliphatic heterocycles. The molecule has 21 heavy (non-hydrogen) atoms. The van der Waals surface area contributed by atoms with Gasteiger partial charge in [-0.05, 0) is 35.9 Å². The fourth-order valence-corrected chi connectivity index (χ4v) is 2.16. The zero-order chi connectivity index (χ0) is 15.0. The van der Waals surface area contributed by atoms with Crippen molar-refractivity contribution in [3.63, 3.8) is 0 Å². The Bertz CT molecular complexity index is 800. The van der Waals surface area contributed by atoms with E-state index in [-0.39, 0.29) is 11.6 Å². The highest BCUT2D eigenvalue weighted by molar-refractivity contribution is 6.30. The van der Waals surface area contributed by atoms with Crippen LogP contribution in [0.2, 0.25) is 5.02 Å². The second-order valence-corrected chi connectivity index (χ2v) is 4.84. The molecule has 0 aliphatic carbocycles. The van der Waals surface area contributed by atoms with E-state index in [1.165, 1.54) is 6.07 Å². The first-order valence-electron chi connectivity index (χ1n) is 6.03. The second kappa shape index (κ2) is 5.18. The highest BCUT2D eigenvalue weighted by Gasteiger charge is 2.18. The molecule has 0 unspecified atom stereocenters. The molecule has 3 rings (SSSR count). The van der Waals surface area contributed by atoms with E-state index < -0.39 is 11.6 Å². The number of hydrogen-bond donors (Lipinski definition) is 1. The number of halogens is 3. The Hall–Kier alpha value is -2.40. The fraction of sp³-hybridized carbons (Fsp3) is 0. The van der Waals surface area contributed by atoms with Crippen molar-refractivity contribution in [1.29, 1.82) is 0 Å². The Labute approximate surface area is 123 Å². The fourth-order valence-electron chi connectivity index (χ4n) is 2.03. The summed E-state index contributed by atoms with van der Waals surface area (Å²) < 4.78 is 31.6.